The van der Waals surface area contributed by atoms with E-state index in [-0.39, 0.29) is 11.8 Å². The lowest BCUT2D eigenvalue weighted by molar-refractivity contribution is 0.0786. The zero-order valence-electron chi connectivity index (χ0n) is 11.3. The quantitative estimate of drug-likeness (QED) is 0.885. The molecule has 0 saturated heterocycles. The molecule has 0 radical (unpaired) electrons. The number of hydrogen-bond acceptors (Lipinski definition) is 3. The van der Waals surface area contributed by atoms with Crippen LogP contribution in [0.25, 0.3) is 0 Å². The lowest BCUT2D eigenvalue weighted by Gasteiger charge is -2.20. The van der Waals surface area contributed by atoms with E-state index in [9.17, 15) is 4.79 Å². The van der Waals surface area contributed by atoms with Gasteiger partial charge in [0.25, 0.3) is 5.91 Å². The third-order valence-corrected chi connectivity index (χ3v) is 2.79. The Hall–Kier alpha value is -2.02. The van der Waals surface area contributed by atoms with Crippen molar-refractivity contribution in [2.75, 3.05) is 26.0 Å². The second-order valence-electron chi connectivity index (χ2n) is 4.51. The topological polar surface area (TPSA) is 56.1 Å². The van der Waals surface area contributed by atoms with Gasteiger partial charge < -0.3 is 10.2 Å². The Balaban J connectivity index is 2.93. The average Bonchev–Trinajstić information content (AvgIpc) is 2.37. The Morgan fingerprint density at radius 3 is 2.78 bits per heavy atom. The van der Waals surface area contributed by atoms with E-state index in [2.05, 4.69) is 11.4 Å². The molecule has 0 aliphatic rings. The standard InChI is InChI=1S/C14H19N3O/c1-10-5-6-12(13(7-10)16-3)14(18)17(4)9-11(2)8-15/h5-7,11,16H,9H2,1-4H3. The summed E-state index contributed by atoms with van der Waals surface area (Å²) < 4.78 is 0. The molecule has 1 atom stereocenters. The van der Waals surface area contributed by atoms with Crippen molar-refractivity contribution in [3.05, 3.63) is 29.3 Å². The number of amides is 1. The number of nitrogens with one attached hydrogen (secondary N) is 1. The minimum Gasteiger partial charge on any atom is -0.387 e. The van der Waals surface area contributed by atoms with Crippen LogP contribution in [0.1, 0.15) is 22.8 Å². The molecule has 18 heavy (non-hydrogen) atoms. The van der Waals surface area contributed by atoms with Gasteiger partial charge in [-0.05, 0) is 31.5 Å². The van der Waals surface area contributed by atoms with Gasteiger partial charge in [0.15, 0.2) is 0 Å². The maximum absolute atomic E-state index is 12.3. The van der Waals surface area contributed by atoms with Gasteiger partial charge in [0.05, 0.1) is 17.6 Å². The van der Waals surface area contributed by atoms with Crippen LogP contribution < -0.4 is 5.32 Å². The highest BCUT2D eigenvalue weighted by atomic mass is 16.2. The van der Waals surface area contributed by atoms with Gasteiger partial charge >= 0.3 is 0 Å². The predicted octanol–water partition coefficient (Wildman–Crippen LogP) is 2.27. The molecule has 1 aromatic rings. The number of benzene rings is 1. The van der Waals surface area contributed by atoms with E-state index in [1.807, 2.05) is 25.1 Å². The maximum Gasteiger partial charge on any atom is 0.255 e. The highest BCUT2D eigenvalue weighted by Crippen LogP contribution is 2.19. The second-order valence-corrected chi connectivity index (χ2v) is 4.51. The lowest BCUT2D eigenvalue weighted by Crippen LogP contribution is -2.31. The molecular weight excluding hydrogens is 226 g/mol. The normalized spacial score (nSPS) is 11.5. The molecule has 1 N–H and O–H groups in total. The number of anilines is 1. The predicted molar refractivity (Wildman–Crippen MR) is 72.5 cm³/mol. The summed E-state index contributed by atoms with van der Waals surface area (Å²) in [4.78, 5) is 13.8. The second kappa shape index (κ2) is 6.06. The van der Waals surface area contributed by atoms with Crippen molar-refractivity contribution in [3.8, 4) is 6.07 Å². The molecule has 0 aliphatic carbocycles. The first-order valence-corrected chi connectivity index (χ1v) is 5.93. The molecule has 1 rings (SSSR count). The van der Waals surface area contributed by atoms with Crippen molar-refractivity contribution in [2.45, 2.75) is 13.8 Å². The maximum atomic E-state index is 12.3. The Bertz CT molecular complexity index is 476. The number of carbonyl (C=O) groups is 1. The van der Waals surface area contributed by atoms with Gasteiger partial charge in [-0.15, -0.1) is 0 Å². The summed E-state index contributed by atoms with van der Waals surface area (Å²) >= 11 is 0. The molecule has 4 nitrogen and oxygen atoms in total. The Morgan fingerprint density at radius 1 is 1.56 bits per heavy atom. The van der Waals surface area contributed by atoms with E-state index in [0.29, 0.717) is 12.1 Å². The highest BCUT2D eigenvalue weighted by molar-refractivity contribution is 5.99. The third-order valence-electron chi connectivity index (χ3n) is 2.79. The molecule has 4 heteroatoms. The van der Waals surface area contributed by atoms with Crippen molar-refractivity contribution >= 4 is 11.6 Å². The van der Waals surface area contributed by atoms with Gasteiger partial charge in [0.2, 0.25) is 0 Å². The van der Waals surface area contributed by atoms with E-state index < -0.39 is 0 Å². The van der Waals surface area contributed by atoms with E-state index in [4.69, 9.17) is 5.26 Å². The largest absolute Gasteiger partial charge is 0.387 e. The first-order chi connectivity index (χ1) is 8.49. The smallest absolute Gasteiger partial charge is 0.255 e. The van der Waals surface area contributed by atoms with E-state index in [1.165, 1.54) is 0 Å². The number of carbonyl (C=O) groups excluding carboxylic acids is 1. The Kier molecular flexibility index (Phi) is 4.73. The molecule has 0 saturated carbocycles. The molecule has 1 amide bonds. The zero-order valence-corrected chi connectivity index (χ0v) is 11.3. The number of aryl methyl sites for hydroxylation is 1. The molecule has 0 aromatic heterocycles. The number of nitrogens with zero attached hydrogens (tertiary/aromatic N) is 2. The van der Waals surface area contributed by atoms with E-state index in [0.717, 1.165) is 11.3 Å². The SMILES string of the molecule is CNc1cc(C)ccc1C(=O)N(C)CC(C)C#N. The van der Waals surface area contributed by atoms with Gasteiger partial charge in [-0.3, -0.25) is 4.79 Å². The molecule has 1 aromatic carbocycles. The van der Waals surface area contributed by atoms with Gasteiger partial charge in [-0.25, -0.2) is 0 Å². The van der Waals surface area contributed by atoms with Crippen LogP contribution in [0.4, 0.5) is 5.69 Å². The average molecular weight is 245 g/mol. The minimum atomic E-state index is -0.164. The van der Waals surface area contributed by atoms with Crippen molar-refractivity contribution < 1.29 is 4.79 Å². The number of nitriles is 1. The summed E-state index contributed by atoms with van der Waals surface area (Å²) in [5.74, 6) is -0.233. The fourth-order valence-electron chi connectivity index (χ4n) is 1.79. The summed E-state index contributed by atoms with van der Waals surface area (Å²) in [6.45, 7) is 4.22. The van der Waals surface area contributed by atoms with Crippen LogP contribution in [0, 0.1) is 24.2 Å². The summed E-state index contributed by atoms with van der Waals surface area (Å²) in [6, 6.07) is 7.80. The molecule has 0 spiro atoms. The fraction of sp³-hybridized carbons (Fsp3) is 0.429. The van der Waals surface area contributed by atoms with Crippen LogP contribution in [-0.4, -0.2) is 31.4 Å². The van der Waals surface area contributed by atoms with Crippen LogP contribution in [0.5, 0.6) is 0 Å². The first-order valence-electron chi connectivity index (χ1n) is 5.93. The van der Waals surface area contributed by atoms with Crippen LogP contribution >= 0.6 is 0 Å². The Morgan fingerprint density at radius 2 is 2.22 bits per heavy atom. The minimum absolute atomic E-state index is 0.0681. The van der Waals surface area contributed by atoms with Gasteiger partial charge in [-0.2, -0.15) is 5.26 Å². The monoisotopic (exact) mass is 245 g/mol. The molecule has 0 bridgehead atoms. The van der Waals surface area contributed by atoms with Crippen LogP contribution in [0.2, 0.25) is 0 Å². The molecule has 0 aliphatic heterocycles. The van der Waals surface area contributed by atoms with Crippen LogP contribution in [0.3, 0.4) is 0 Å². The fourth-order valence-corrected chi connectivity index (χ4v) is 1.79. The molecule has 96 valence electrons. The van der Waals surface area contributed by atoms with Crippen molar-refractivity contribution in [1.82, 2.24) is 4.90 Å². The van der Waals surface area contributed by atoms with Crippen LogP contribution in [0.15, 0.2) is 18.2 Å². The zero-order chi connectivity index (χ0) is 13.7. The van der Waals surface area contributed by atoms with Crippen molar-refractivity contribution in [1.29, 1.82) is 5.26 Å². The molecule has 0 fully saturated rings. The molecule has 0 heterocycles. The molecule has 1 unspecified atom stereocenters. The van der Waals surface area contributed by atoms with E-state index in [1.54, 1.807) is 25.9 Å². The first kappa shape index (κ1) is 14.0. The Labute approximate surface area is 108 Å². The molecular formula is C14H19N3O. The van der Waals surface area contributed by atoms with Crippen LogP contribution in [-0.2, 0) is 0 Å². The summed E-state index contributed by atoms with van der Waals surface area (Å²) in [5.41, 5.74) is 2.55. The third kappa shape index (κ3) is 3.24. The van der Waals surface area contributed by atoms with Gasteiger partial charge in [0.1, 0.15) is 0 Å². The van der Waals surface area contributed by atoms with Gasteiger partial charge in [-0.1, -0.05) is 6.07 Å². The van der Waals surface area contributed by atoms with Crippen molar-refractivity contribution in [2.24, 2.45) is 5.92 Å². The van der Waals surface area contributed by atoms with E-state index >= 15 is 0 Å². The van der Waals surface area contributed by atoms with Crippen molar-refractivity contribution in [3.63, 3.8) is 0 Å². The summed E-state index contributed by atoms with van der Waals surface area (Å²) in [6.07, 6.45) is 0. The summed E-state index contributed by atoms with van der Waals surface area (Å²) in [7, 11) is 3.51. The summed E-state index contributed by atoms with van der Waals surface area (Å²) in [5, 5.41) is 11.8. The van der Waals surface area contributed by atoms with Gasteiger partial charge in [0, 0.05) is 26.3 Å². The number of hydrogen-bond donors (Lipinski definition) is 1. The highest BCUT2D eigenvalue weighted by Gasteiger charge is 2.17. The lowest BCUT2D eigenvalue weighted by atomic mass is 10.1. The number of rotatable bonds is 4.